The van der Waals surface area contributed by atoms with Gasteiger partial charge in [0.1, 0.15) is 0 Å². The number of nitrogens with two attached hydrogens (primary N) is 1. The Labute approximate surface area is 265 Å². The second-order valence-corrected chi connectivity index (χ2v) is 16.6. The highest BCUT2D eigenvalue weighted by molar-refractivity contribution is 5.85. The Morgan fingerprint density at radius 2 is 1.32 bits per heavy atom. The second kappa shape index (κ2) is 10.5. The maximum atomic E-state index is 7.36. The number of fused-ring (bicyclic) bond motifs is 5. The van der Waals surface area contributed by atoms with E-state index in [1.807, 2.05) is 6.92 Å². The zero-order chi connectivity index (χ0) is 31.8. The van der Waals surface area contributed by atoms with Gasteiger partial charge < -0.3 is 15.2 Å². The number of nitrogens with zero attached hydrogens (tertiary/aromatic N) is 3. The van der Waals surface area contributed by atoms with Gasteiger partial charge in [-0.1, -0.05) is 83.6 Å². The predicted octanol–water partition coefficient (Wildman–Crippen LogP) is 7.17. The molecule has 6 nitrogen and oxygen atoms in total. The molecule has 3 heterocycles. The number of benzene rings is 2. The van der Waals surface area contributed by atoms with Crippen LogP contribution in [0.1, 0.15) is 135 Å². The topological polar surface area (TPSA) is 62.9 Å². The van der Waals surface area contributed by atoms with Crippen molar-refractivity contribution < 1.29 is 18.6 Å². The van der Waals surface area contributed by atoms with Gasteiger partial charge >= 0.3 is 6.03 Å². The summed E-state index contributed by atoms with van der Waals surface area (Å²) in [6.45, 7) is 23.2. The molecule has 2 N–H and O–H groups in total. The molecule has 236 valence electrons. The van der Waals surface area contributed by atoms with Gasteiger partial charge in [-0.3, -0.25) is 4.99 Å². The van der Waals surface area contributed by atoms with Crippen molar-refractivity contribution in [2.24, 2.45) is 10.7 Å². The third-order valence-corrected chi connectivity index (χ3v) is 9.85. The molecule has 0 amide bonds. The summed E-state index contributed by atoms with van der Waals surface area (Å²) in [5, 5.41) is 0. The summed E-state index contributed by atoms with van der Waals surface area (Å²) in [5.41, 5.74) is 13.0. The third kappa shape index (κ3) is 5.26. The summed E-state index contributed by atoms with van der Waals surface area (Å²) in [6, 6.07) is 9.00. The minimum Gasteiger partial charge on any atom is -0.388 e. The molecule has 6 rings (SSSR count). The Hall–Kier alpha value is -3.15. The number of hydrogen-bond acceptors (Lipinski definition) is 3. The first kappa shape index (κ1) is 30.9. The van der Waals surface area contributed by atoms with E-state index in [0.717, 1.165) is 54.9 Å². The van der Waals surface area contributed by atoms with Crippen molar-refractivity contribution in [2.75, 3.05) is 6.54 Å². The maximum Gasteiger partial charge on any atom is 0.704 e. The lowest BCUT2D eigenvalue weighted by atomic mass is 9.79. The van der Waals surface area contributed by atoms with Crippen molar-refractivity contribution in [1.29, 1.82) is 0 Å². The van der Waals surface area contributed by atoms with E-state index in [9.17, 15) is 0 Å². The van der Waals surface area contributed by atoms with Crippen molar-refractivity contribution >= 4 is 18.3 Å². The monoisotopic (exact) mass is 598 g/mol. The Balaban J connectivity index is 1.53. The molecule has 1 saturated heterocycles. The Kier molecular flexibility index (Phi) is 7.33. The minimum atomic E-state index is -1.04. The predicted molar refractivity (Wildman–Crippen MR) is 180 cm³/mol. The molecule has 0 radical (unpaired) electrons. The molecule has 0 bridgehead atoms. The number of amidine groups is 1. The van der Waals surface area contributed by atoms with Crippen LogP contribution in [0.3, 0.4) is 0 Å². The highest BCUT2D eigenvalue weighted by Crippen LogP contribution is 2.49. The van der Waals surface area contributed by atoms with Gasteiger partial charge in [-0.15, -0.1) is 0 Å². The highest BCUT2D eigenvalue weighted by Gasteiger charge is 2.76. The lowest BCUT2D eigenvalue weighted by Gasteiger charge is -2.34. The fraction of sp³-hybridized carbons (Fsp3) is 0.605. The number of ether oxygens (including phenoxy) is 2. The van der Waals surface area contributed by atoms with Crippen molar-refractivity contribution in [1.82, 2.24) is 0 Å². The molecule has 44 heavy (non-hydrogen) atoms. The van der Waals surface area contributed by atoms with E-state index in [1.54, 1.807) is 0 Å². The van der Waals surface area contributed by atoms with Crippen molar-refractivity contribution in [3.63, 3.8) is 0 Å². The van der Waals surface area contributed by atoms with Crippen LogP contribution < -0.4 is 15.2 Å². The van der Waals surface area contributed by atoms with Crippen LogP contribution >= 0.6 is 0 Å². The van der Waals surface area contributed by atoms with Crippen LogP contribution in [0.5, 0.6) is 11.5 Å². The van der Waals surface area contributed by atoms with Crippen LogP contribution in [0.15, 0.2) is 29.3 Å². The molecule has 2 aromatic carbocycles. The van der Waals surface area contributed by atoms with Crippen molar-refractivity contribution in [2.45, 2.75) is 142 Å². The molecule has 2 aromatic rings. The van der Waals surface area contributed by atoms with E-state index in [-0.39, 0.29) is 16.2 Å². The van der Waals surface area contributed by atoms with E-state index >= 15 is 0 Å². The van der Waals surface area contributed by atoms with Crippen LogP contribution in [0.2, 0.25) is 0 Å². The van der Waals surface area contributed by atoms with Crippen LogP contribution in [0.4, 0.5) is 0 Å². The van der Waals surface area contributed by atoms with E-state index < -0.39 is 6.03 Å². The van der Waals surface area contributed by atoms with Crippen molar-refractivity contribution in [3.05, 3.63) is 57.6 Å². The zero-order valence-corrected chi connectivity index (χ0v) is 28.8. The number of rotatable bonds is 4. The number of aryl methyl sites for hydroxylation is 1. The van der Waals surface area contributed by atoms with E-state index in [0.29, 0.717) is 17.9 Å². The van der Waals surface area contributed by atoms with E-state index in [2.05, 4.69) is 113 Å². The third-order valence-electron chi connectivity index (χ3n) is 9.85. The van der Waals surface area contributed by atoms with Gasteiger partial charge in [-0.2, -0.15) is 0 Å². The average Bonchev–Trinajstić information content (AvgIpc) is 3.19. The standard InChI is InChI=1S/C38H54N4O2/c1-24(39)40-17-13-14-25-18-26-22-41-31-15-11-12-16-32(31)42-23-27-20-28(35(2,3)4)21-30(37(8,9)10)34(27)44-38(41,42)43-33(26)29(19-25)36(5,6)7/h18-23,31-32H,11-17H2,1-10H3,(H2,39,40)/q+2. The van der Waals surface area contributed by atoms with Crippen LogP contribution in [-0.4, -0.2) is 52.1 Å². The lowest BCUT2D eigenvalue weighted by molar-refractivity contribution is -0.866. The number of aliphatic imine (C=N–C) groups is 1. The highest BCUT2D eigenvalue weighted by atomic mass is 16.7. The second-order valence-electron chi connectivity index (χ2n) is 16.6. The number of hydrogen-bond donors (Lipinski definition) is 1. The maximum absolute atomic E-state index is 7.36. The molecule has 4 aliphatic rings. The summed E-state index contributed by atoms with van der Waals surface area (Å²) in [4.78, 5) is 4.42. The average molecular weight is 599 g/mol. The molecular weight excluding hydrogens is 544 g/mol. The quantitative estimate of drug-likeness (QED) is 0.176. The molecule has 6 heteroatoms. The lowest BCUT2D eigenvalue weighted by Crippen LogP contribution is -2.60. The smallest absolute Gasteiger partial charge is 0.388 e. The normalized spacial score (nSPS) is 24.5. The first-order chi connectivity index (χ1) is 20.5. The molecule has 1 spiro atoms. The largest absolute Gasteiger partial charge is 0.704 e. The molecule has 1 aliphatic carbocycles. The fourth-order valence-electron chi connectivity index (χ4n) is 7.46. The summed E-state index contributed by atoms with van der Waals surface area (Å²) >= 11 is 0. The molecule has 3 atom stereocenters. The zero-order valence-electron chi connectivity index (χ0n) is 28.8. The van der Waals surface area contributed by atoms with Gasteiger partial charge in [0.25, 0.3) is 0 Å². The van der Waals surface area contributed by atoms with Crippen LogP contribution in [0, 0.1) is 0 Å². The molecule has 0 aromatic heterocycles. The van der Waals surface area contributed by atoms with Gasteiger partial charge in [0.15, 0.2) is 23.9 Å². The Morgan fingerprint density at radius 3 is 1.82 bits per heavy atom. The van der Waals surface area contributed by atoms with E-state index in [4.69, 9.17) is 15.2 Å². The summed E-state index contributed by atoms with van der Waals surface area (Å²) in [5.74, 6) is 2.54. The first-order valence-corrected chi connectivity index (χ1v) is 16.8. The molecule has 3 aliphatic heterocycles. The molecule has 3 unspecified atom stereocenters. The molecule has 1 saturated carbocycles. The minimum absolute atomic E-state index is 0.0330. The Morgan fingerprint density at radius 1 is 0.795 bits per heavy atom. The van der Waals surface area contributed by atoms with Gasteiger partial charge in [0.05, 0.1) is 17.0 Å². The van der Waals surface area contributed by atoms with Gasteiger partial charge in [-0.25, -0.2) is 0 Å². The van der Waals surface area contributed by atoms with Gasteiger partial charge in [0, 0.05) is 30.5 Å². The molecule has 2 fully saturated rings. The summed E-state index contributed by atoms with van der Waals surface area (Å²) in [7, 11) is 0. The van der Waals surface area contributed by atoms with Gasteiger partial charge in [-0.05, 0) is 72.1 Å². The van der Waals surface area contributed by atoms with Crippen molar-refractivity contribution in [3.8, 4) is 11.5 Å². The van der Waals surface area contributed by atoms with Crippen LogP contribution in [0.25, 0.3) is 0 Å². The van der Waals surface area contributed by atoms with Gasteiger partial charge in [0.2, 0.25) is 12.1 Å². The summed E-state index contributed by atoms with van der Waals surface area (Å²) < 4.78 is 19.6. The summed E-state index contributed by atoms with van der Waals surface area (Å²) in [6.07, 6.45) is 11.4. The van der Waals surface area contributed by atoms with E-state index in [1.165, 1.54) is 35.1 Å². The SMILES string of the molecule is CC(N)=NCCCc1cc2c(c(C(C)(C)C)c1)OC13Oc4c(cc(C(C)(C)C)cc4C(C)(C)C)C=[N+]1C1CCCCC1[N+]3=C2. The van der Waals surface area contributed by atoms with Crippen LogP contribution in [-0.2, 0) is 22.7 Å². The molecular formula is C38H54N4O2+2. The fourth-order valence-corrected chi connectivity index (χ4v) is 7.46. The first-order valence-electron chi connectivity index (χ1n) is 16.8. The Bertz CT molecular complexity index is 1570.